The fourth-order valence-electron chi connectivity index (χ4n) is 2.11. The molecule has 0 bridgehead atoms. The number of hydrogen-bond donors (Lipinski definition) is 1. The van der Waals surface area contributed by atoms with E-state index in [1.54, 1.807) is 12.3 Å². The first-order valence-electron chi connectivity index (χ1n) is 5.85. The molecule has 0 amide bonds. The van der Waals surface area contributed by atoms with Gasteiger partial charge in [-0.05, 0) is 12.5 Å². The second-order valence-electron chi connectivity index (χ2n) is 4.30. The summed E-state index contributed by atoms with van der Waals surface area (Å²) in [5.74, 6) is 0. The highest BCUT2D eigenvalue weighted by molar-refractivity contribution is 5.40. The summed E-state index contributed by atoms with van der Waals surface area (Å²) in [4.78, 5) is 16.7. The Labute approximate surface area is 104 Å². The van der Waals surface area contributed by atoms with Crippen molar-refractivity contribution in [1.82, 2.24) is 14.6 Å². The third kappa shape index (κ3) is 1.72. The average molecular weight is 239 g/mol. The van der Waals surface area contributed by atoms with Gasteiger partial charge in [0.1, 0.15) is 0 Å². The van der Waals surface area contributed by atoms with E-state index in [1.807, 2.05) is 37.3 Å². The molecule has 0 saturated carbocycles. The van der Waals surface area contributed by atoms with Crippen LogP contribution < -0.4 is 5.56 Å². The van der Waals surface area contributed by atoms with Crippen molar-refractivity contribution >= 4 is 5.65 Å². The first-order chi connectivity index (χ1) is 8.75. The minimum atomic E-state index is -0.0219. The molecule has 0 fully saturated rings. The molecule has 2 heterocycles. The topological polar surface area (TPSA) is 50.2 Å². The van der Waals surface area contributed by atoms with Crippen molar-refractivity contribution in [2.75, 3.05) is 0 Å². The van der Waals surface area contributed by atoms with Crippen LogP contribution in [-0.2, 0) is 6.42 Å². The van der Waals surface area contributed by atoms with Gasteiger partial charge in [-0.25, -0.2) is 9.50 Å². The Bertz CT molecular complexity index is 741. The SMILES string of the molecule is Cc1nc2cc[nH]n2c(=O)c1Cc1ccccc1. The van der Waals surface area contributed by atoms with Gasteiger partial charge in [-0.1, -0.05) is 30.3 Å². The average Bonchev–Trinajstić information content (AvgIpc) is 2.84. The predicted molar refractivity (Wildman–Crippen MR) is 69.8 cm³/mol. The van der Waals surface area contributed by atoms with Gasteiger partial charge in [0.15, 0.2) is 5.65 Å². The molecule has 18 heavy (non-hydrogen) atoms. The molecule has 0 unspecified atom stereocenters. The van der Waals surface area contributed by atoms with Crippen molar-refractivity contribution in [3.05, 3.63) is 69.8 Å². The third-order valence-electron chi connectivity index (χ3n) is 3.07. The number of aromatic amines is 1. The summed E-state index contributed by atoms with van der Waals surface area (Å²) in [5, 5.41) is 2.88. The van der Waals surface area contributed by atoms with Crippen LogP contribution in [0.15, 0.2) is 47.4 Å². The van der Waals surface area contributed by atoms with Crippen LogP contribution in [0.5, 0.6) is 0 Å². The fourth-order valence-corrected chi connectivity index (χ4v) is 2.11. The zero-order valence-electron chi connectivity index (χ0n) is 10.1. The number of fused-ring (bicyclic) bond motifs is 1. The number of H-pyrrole nitrogens is 1. The smallest absolute Gasteiger partial charge is 0.276 e. The molecule has 0 spiro atoms. The first kappa shape index (κ1) is 10.8. The monoisotopic (exact) mass is 239 g/mol. The van der Waals surface area contributed by atoms with Gasteiger partial charge in [-0.3, -0.25) is 9.89 Å². The van der Waals surface area contributed by atoms with Crippen LogP contribution >= 0.6 is 0 Å². The number of rotatable bonds is 2. The van der Waals surface area contributed by atoms with Crippen LogP contribution in [0.3, 0.4) is 0 Å². The highest BCUT2D eigenvalue weighted by atomic mass is 16.1. The van der Waals surface area contributed by atoms with E-state index in [1.165, 1.54) is 4.52 Å². The summed E-state index contributed by atoms with van der Waals surface area (Å²) in [6.45, 7) is 1.88. The minimum absolute atomic E-state index is 0.0219. The summed E-state index contributed by atoms with van der Waals surface area (Å²) >= 11 is 0. The van der Waals surface area contributed by atoms with E-state index in [2.05, 4.69) is 10.1 Å². The molecule has 0 aliphatic carbocycles. The number of hydrogen-bond acceptors (Lipinski definition) is 2. The van der Waals surface area contributed by atoms with Crippen molar-refractivity contribution in [3.8, 4) is 0 Å². The molecule has 3 aromatic rings. The lowest BCUT2D eigenvalue weighted by Crippen LogP contribution is -2.21. The first-order valence-corrected chi connectivity index (χ1v) is 5.85. The Morgan fingerprint density at radius 3 is 2.78 bits per heavy atom. The van der Waals surface area contributed by atoms with E-state index >= 15 is 0 Å². The highest BCUT2D eigenvalue weighted by Crippen LogP contribution is 2.09. The lowest BCUT2D eigenvalue weighted by Gasteiger charge is -2.05. The summed E-state index contributed by atoms with van der Waals surface area (Å²) in [7, 11) is 0. The molecule has 3 rings (SSSR count). The molecular weight excluding hydrogens is 226 g/mol. The van der Waals surface area contributed by atoms with Crippen LogP contribution in [0.4, 0.5) is 0 Å². The van der Waals surface area contributed by atoms with Gasteiger partial charge in [0.2, 0.25) is 0 Å². The second-order valence-corrected chi connectivity index (χ2v) is 4.30. The molecule has 1 N–H and O–H groups in total. The Kier molecular flexibility index (Phi) is 2.48. The Balaban J connectivity index is 2.14. The standard InChI is InChI=1S/C14H13N3O/c1-10-12(9-11-5-3-2-4-6-11)14(18)17-13(16-10)7-8-15-17/h2-8,15H,9H2,1H3. The van der Waals surface area contributed by atoms with Gasteiger partial charge in [0.25, 0.3) is 5.56 Å². The number of nitrogens with one attached hydrogen (secondary N) is 1. The second kappa shape index (κ2) is 4.14. The van der Waals surface area contributed by atoms with Gasteiger partial charge in [-0.15, -0.1) is 0 Å². The molecule has 90 valence electrons. The molecule has 0 atom stereocenters. The van der Waals surface area contributed by atoms with Crippen LogP contribution in [0.2, 0.25) is 0 Å². The van der Waals surface area contributed by atoms with Crippen LogP contribution in [0.25, 0.3) is 5.65 Å². The minimum Gasteiger partial charge on any atom is -0.297 e. The zero-order valence-corrected chi connectivity index (χ0v) is 10.1. The molecule has 4 nitrogen and oxygen atoms in total. The quantitative estimate of drug-likeness (QED) is 0.742. The molecule has 0 saturated heterocycles. The van der Waals surface area contributed by atoms with Crippen LogP contribution in [0, 0.1) is 6.92 Å². The van der Waals surface area contributed by atoms with E-state index < -0.39 is 0 Å². The van der Waals surface area contributed by atoms with Crippen molar-refractivity contribution in [2.45, 2.75) is 13.3 Å². The van der Waals surface area contributed by atoms with Gasteiger partial charge in [0, 0.05) is 29.9 Å². The van der Waals surface area contributed by atoms with Crippen molar-refractivity contribution in [1.29, 1.82) is 0 Å². The maximum absolute atomic E-state index is 12.3. The van der Waals surface area contributed by atoms with E-state index in [9.17, 15) is 4.79 Å². The summed E-state index contributed by atoms with van der Waals surface area (Å²) in [6.07, 6.45) is 2.33. The number of aromatic nitrogens is 3. The molecule has 0 aliphatic heterocycles. The fraction of sp³-hybridized carbons (Fsp3) is 0.143. The van der Waals surface area contributed by atoms with Gasteiger partial charge in [0.05, 0.1) is 0 Å². The van der Waals surface area contributed by atoms with Crippen LogP contribution in [-0.4, -0.2) is 14.6 Å². The molecule has 0 aliphatic rings. The van der Waals surface area contributed by atoms with Crippen molar-refractivity contribution in [2.24, 2.45) is 0 Å². The molecule has 1 aromatic carbocycles. The Morgan fingerprint density at radius 1 is 1.22 bits per heavy atom. The Hall–Kier alpha value is -2.36. The van der Waals surface area contributed by atoms with E-state index in [0.29, 0.717) is 12.1 Å². The Morgan fingerprint density at radius 2 is 2.00 bits per heavy atom. The third-order valence-corrected chi connectivity index (χ3v) is 3.07. The van der Waals surface area contributed by atoms with Crippen molar-refractivity contribution in [3.63, 3.8) is 0 Å². The van der Waals surface area contributed by atoms with Gasteiger partial charge in [-0.2, -0.15) is 0 Å². The molecular formula is C14H13N3O. The maximum atomic E-state index is 12.3. The van der Waals surface area contributed by atoms with E-state index in [-0.39, 0.29) is 5.56 Å². The van der Waals surface area contributed by atoms with Gasteiger partial charge >= 0.3 is 0 Å². The number of nitrogens with zero attached hydrogens (tertiary/aromatic N) is 2. The summed E-state index contributed by atoms with van der Waals surface area (Å²) in [5.41, 5.74) is 3.29. The van der Waals surface area contributed by atoms with Crippen molar-refractivity contribution < 1.29 is 0 Å². The maximum Gasteiger partial charge on any atom is 0.276 e. The lowest BCUT2D eigenvalue weighted by atomic mass is 10.1. The van der Waals surface area contributed by atoms with E-state index in [0.717, 1.165) is 16.8 Å². The predicted octanol–water partition coefficient (Wildman–Crippen LogP) is 1.92. The largest absolute Gasteiger partial charge is 0.297 e. The number of benzene rings is 1. The number of aryl methyl sites for hydroxylation is 1. The normalized spacial score (nSPS) is 10.9. The molecule has 4 heteroatoms. The van der Waals surface area contributed by atoms with Crippen LogP contribution in [0.1, 0.15) is 16.8 Å². The highest BCUT2D eigenvalue weighted by Gasteiger charge is 2.10. The van der Waals surface area contributed by atoms with Gasteiger partial charge < -0.3 is 0 Å². The zero-order chi connectivity index (χ0) is 12.5. The van der Waals surface area contributed by atoms with E-state index in [4.69, 9.17) is 0 Å². The summed E-state index contributed by atoms with van der Waals surface area (Å²) in [6, 6.07) is 11.7. The summed E-state index contributed by atoms with van der Waals surface area (Å²) < 4.78 is 1.48. The molecule has 0 radical (unpaired) electrons. The lowest BCUT2D eigenvalue weighted by molar-refractivity contribution is 0.859. The molecule has 2 aromatic heterocycles.